The summed E-state index contributed by atoms with van der Waals surface area (Å²) in [7, 11) is -3.00. The Bertz CT molecular complexity index is 1130. The molecule has 0 heterocycles. The van der Waals surface area contributed by atoms with Crippen LogP contribution in [0.25, 0.3) is 0 Å². The predicted molar refractivity (Wildman–Crippen MR) is 138 cm³/mol. The van der Waals surface area contributed by atoms with Crippen LogP contribution < -0.4 is 10.1 Å². The van der Waals surface area contributed by atoms with E-state index < -0.39 is 39.6 Å². The topological polar surface area (TPSA) is 131 Å². The first-order chi connectivity index (χ1) is 17.4. The number of alkyl carbamates (subject to hydrolysis) is 1. The molecule has 0 saturated heterocycles. The average molecular weight is 534 g/mol. The molecule has 0 aliphatic carbocycles. The first-order valence-electron chi connectivity index (χ1n) is 11.9. The fourth-order valence-electron chi connectivity index (χ4n) is 3.35. The van der Waals surface area contributed by atoms with Crippen molar-refractivity contribution in [1.29, 1.82) is 0 Å². The van der Waals surface area contributed by atoms with Crippen LogP contribution >= 0.6 is 0 Å². The number of carbonyl (C=O) groups excluding carboxylic acids is 3. The number of nitrogens with one attached hydrogen (secondary N) is 2. The molecular formula is C26H35N3O7S. The second-order valence-corrected chi connectivity index (χ2v) is 10.9. The summed E-state index contributed by atoms with van der Waals surface area (Å²) < 4.78 is 36.2. The van der Waals surface area contributed by atoms with Gasteiger partial charge in [-0.1, -0.05) is 48.5 Å². The summed E-state index contributed by atoms with van der Waals surface area (Å²) in [6, 6.07) is 15.2. The fourth-order valence-corrected chi connectivity index (χ4v) is 4.46. The van der Waals surface area contributed by atoms with Gasteiger partial charge in [0.1, 0.15) is 5.60 Å². The number of amides is 2. The average Bonchev–Trinajstić information content (AvgIpc) is 2.85. The second-order valence-electron chi connectivity index (χ2n) is 9.29. The molecular weight excluding hydrogens is 498 g/mol. The molecule has 2 N–H and O–H groups in total. The predicted octanol–water partition coefficient (Wildman–Crippen LogP) is 3.19. The van der Waals surface area contributed by atoms with E-state index in [0.717, 1.165) is 10.6 Å². The van der Waals surface area contributed by atoms with Gasteiger partial charge in [-0.05, 0) is 51.3 Å². The lowest BCUT2D eigenvalue weighted by molar-refractivity contribution is -0.154. The molecule has 37 heavy (non-hydrogen) atoms. The van der Waals surface area contributed by atoms with Crippen molar-refractivity contribution in [2.24, 2.45) is 0 Å². The molecule has 0 fully saturated rings. The lowest BCUT2D eigenvalue weighted by Gasteiger charge is -2.30. The molecule has 0 aromatic heterocycles. The lowest BCUT2D eigenvalue weighted by Crippen LogP contribution is -2.55. The number of carbonyl (C=O) groups is 3. The van der Waals surface area contributed by atoms with Gasteiger partial charge in [-0.3, -0.25) is 4.79 Å². The summed E-state index contributed by atoms with van der Waals surface area (Å²) >= 11 is 0. The molecule has 2 rings (SSSR count). The summed E-state index contributed by atoms with van der Waals surface area (Å²) in [5.41, 5.74) is 0.0918. The van der Waals surface area contributed by atoms with Gasteiger partial charge in [0.15, 0.2) is 6.04 Å². The van der Waals surface area contributed by atoms with E-state index in [1.54, 1.807) is 63.2 Å². The zero-order valence-corrected chi connectivity index (χ0v) is 22.4. The van der Waals surface area contributed by atoms with Crippen molar-refractivity contribution in [3.8, 4) is 0 Å². The van der Waals surface area contributed by atoms with E-state index >= 15 is 0 Å². The number of hydrogen-bond donors (Lipinski definition) is 2. The third-order valence-corrected chi connectivity index (χ3v) is 6.41. The normalized spacial score (nSPS) is 12.3. The summed E-state index contributed by atoms with van der Waals surface area (Å²) in [5.74, 6) is -1.37. The summed E-state index contributed by atoms with van der Waals surface area (Å²) in [6.07, 6.45) is 0.167. The summed E-state index contributed by atoms with van der Waals surface area (Å²) in [5, 5.41) is 3.45. The van der Waals surface area contributed by atoms with Crippen LogP contribution in [0.2, 0.25) is 0 Å². The highest BCUT2D eigenvalue weighted by molar-refractivity contribution is 7.89. The van der Waals surface area contributed by atoms with Gasteiger partial charge >= 0.3 is 12.1 Å². The zero-order chi connectivity index (χ0) is 27.5. The van der Waals surface area contributed by atoms with E-state index in [1.165, 1.54) is 19.2 Å². The molecule has 2 amide bonds. The summed E-state index contributed by atoms with van der Waals surface area (Å²) in [4.78, 5) is 40.0. The lowest BCUT2D eigenvalue weighted by atomic mass is 10.1. The SMILES string of the molecule is COC(=O)C(Cc1ccccc1)N(NS(=O)(=O)c1ccccc1)C(=O)CCCCNC(=O)OC(C)(C)C. The van der Waals surface area contributed by atoms with Crippen molar-refractivity contribution >= 4 is 28.0 Å². The van der Waals surface area contributed by atoms with Gasteiger partial charge in [0.25, 0.3) is 10.0 Å². The Morgan fingerprint density at radius 1 is 0.946 bits per heavy atom. The molecule has 2 aromatic rings. The van der Waals surface area contributed by atoms with Crippen LogP contribution in [0.3, 0.4) is 0 Å². The van der Waals surface area contributed by atoms with Crippen molar-refractivity contribution in [3.05, 3.63) is 66.2 Å². The number of hydrazine groups is 1. The minimum absolute atomic E-state index is 0.0385. The summed E-state index contributed by atoms with van der Waals surface area (Å²) in [6.45, 7) is 5.53. The van der Waals surface area contributed by atoms with Gasteiger partial charge < -0.3 is 14.8 Å². The standard InChI is InChI=1S/C26H35N3O7S/c1-26(2,3)36-25(32)27-18-12-11-17-23(30)29(28-37(33,34)21-15-9-6-10-16-21)22(24(31)35-4)19-20-13-7-5-8-14-20/h5-10,13-16,22,28H,11-12,17-19H2,1-4H3,(H,27,32). The molecule has 0 radical (unpaired) electrons. The van der Waals surface area contributed by atoms with E-state index in [9.17, 15) is 22.8 Å². The molecule has 202 valence electrons. The molecule has 0 spiro atoms. The third-order valence-electron chi connectivity index (χ3n) is 5.08. The molecule has 1 atom stereocenters. The Morgan fingerprint density at radius 3 is 2.11 bits per heavy atom. The van der Waals surface area contributed by atoms with Gasteiger partial charge in [-0.25, -0.2) is 23.0 Å². The number of hydrogen-bond acceptors (Lipinski definition) is 7. The van der Waals surface area contributed by atoms with Crippen LogP contribution in [0.4, 0.5) is 4.79 Å². The molecule has 1 unspecified atom stereocenters. The number of rotatable bonds is 12. The Labute approximate surface area is 218 Å². The monoisotopic (exact) mass is 533 g/mol. The van der Waals surface area contributed by atoms with Gasteiger partial charge in [0.05, 0.1) is 12.0 Å². The van der Waals surface area contributed by atoms with Gasteiger partial charge in [0.2, 0.25) is 5.91 Å². The van der Waals surface area contributed by atoms with E-state index in [-0.39, 0.29) is 24.3 Å². The Kier molecular flexibility index (Phi) is 11.1. The van der Waals surface area contributed by atoms with Crippen molar-refractivity contribution in [2.45, 2.75) is 63.0 Å². The van der Waals surface area contributed by atoms with Crippen molar-refractivity contribution in [2.75, 3.05) is 13.7 Å². The van der Waals surface area contributed by atoms with Crippen LogP contribution in [0.1, 0.15) is 45.6 Å². The van der Waals surface area contributed by atoms with Crippen LogP contribution in [-0.4, -0.2) is 56.7 Å². The maximum atomic E-state index is 13.3. The first-order valence-corrected chi connectivity index (χ1v) is 13.4. The Morgan fingerprint density at radius 2 is 1.54 bits per heavy atom. The largest absolute Gasteiger partial charge is 0.467 e. The van der Waals surface area contributed by atoms with Crippen LogP contribution in [0.15, 0.2) is 65.6 Å². The van der Waals surface area contributed by atoms with E-state index in [1.807, 2.05) is 6.07 Å². The fraction of sp³-hybridized carbons (Fsp3) is 0.423. The van der Waals surface area contributed by atoms with E-state index in [0.29, 0.717) is 12.8 Å². The van der Waals surface area contributed by atoms with Crippen molar-refractivity contribution < 1.29 is 32.3 Å². The van der Waals surface area contributed by atoms with Crippen LogP contribution in [0.5, 0.6) is 0 Å². The molecule has 10 nitrogen and oxygen atoms in total. The zero-order valence-electron chi connectivity index (χ0n) is 21.6. The van der Waals surface area contributed by atoms with Crippen molar-refractivity contribution in [1.82, 2.24) is 15.2 Å². The Hall–Kier alpha value is -3.44. The number of esters is 1. The number of unbranched alkanes of at least 4 members (excludes halogenated alkanes) is 1. The highest BCUT2D eigenvalue weighted by atomic mass is 32.2. The van der Waals surface area contributed by atoms with E-state index in [4.69, 9.17) is 9.47 Å². The van der Waals surface area contributed by atoms with Gasteiger partial charge in [0, 0.05) is 19.4 Å². The highest BCUT2D eigenvalue weighted by Crippen LogP contribution is 2.16. The third kappa shape index (κ3) is 10.2. The maximum absolute atomic E-state index is 13.3. The minimum Gasteiger partial charge on any atom is -0.467 e. The van der Waals surface area contributed by atoms with Crippen LogP contribution in [0, 0.1) is 0 Å². The Balaban J connectivity index is 2.17. The van der Waals surface area contributed by atoms with Crippen LogP contribution in [-0.2, 0) is 35.5 Å². The van der Waals surface area contributed by atoms with Gasteiger partial charge in [-0.15, -0.1) is 4.83 Å². The highest BCUT2D eigenvalue weighted by Gasteiger charge is 2.34. The second kappa shape index (κ2) is 13.8. The van der Waals surface area contributed by atoms with Crippen molar-refractivity contribution in [3.63, 3.8) is 0 Å². The minimum atomic E-state index is -4.17. The number of benzene rings is 2. The molecule has 0 aliphatic heterocycles. The quantitative estimate of drug-likeness (QED) is 0.243. The van der Waals surface area contributed by atoms with E-state index in [2.05, 4.69) is 10.1 Å². The first kappa shape index (κ1) is 29.8. The molecule has 0 saturated carbocycles. The molecule has 11 heteroatoms. The smallest absolute Gasteiger partial charge is 0.407 e. The number of sulfonamides is 1. The molecule has 0 aliphatic rings. The van der Waals surface area contributed by atoms with Gasteiger partial charge in [-0.2, -0.15) is 0 Å². The molecule has 2 aromatic carbocycles. The maximum Gasteiger partial charge on any atom is 0.407 e. The molecule has 0 bridgehead atoms. The number of ether oxygens (including phenoxy) is 2. The number of methoxy groups -OCH3 is 1. The number of nitrogens with zero attached hydrogens (tertiary/aromatic N) is 1.